The molecule has 0 saturated carbocycles. The van der Waals surface area contributed by atoms with E-state index in [1.165, 1.54) is 23.9 Å². The fraction of sp³-hybridized carbons (Fsp3) is 0.250. The van der Waals surface area contributed by atoms with Gasteiger partial charge in [0.15, 0.2) is 11.0 Å². The number of nitrogens with zero attached hydrogens (tertiary/aromatic N) is 3. The molecule has 0 aliphatic heterocycles. The van der Waals surface area contributed by atoms with Gasteiger partial charge in [-0.1, -0.05) is 41.6 Å². The summed E-state index contributed by atoms with van der Waals surface area (Å²) in [5, 5.41) is 11.9. The molecule has 1 N–H and O–H groups in total. The molecule has 2 aromatic carbocycles. The van der Waals surface area contributed by atoms with Crippen LogP contribution in [0.4, 0.5) is 13.2 Å². The van der Waals surface area contributed by atoms with Gasteiger partial charge in [0.1, 0.15) is 12.4 Å². The summed E-state index contributed by atoms with van der Waals surface area (Å²) in [5.41, 5.74) is 0.138. The maximum Gasteiger partial charge on any atom is 0.416 e. The van der Waals surface area contributed by atoms with Gasteiger partial charge in [0, 0.05) is 18.6 Å². The van der Waals surface area contributed by atoms with E-state index in [0.717, 1.165) is 17.7 Å². The van der Waals surface area contributed by atoms with Crippen LogP contribution in [0.25, 0.3) is 0 Å². The van der Waals surface area contributed by atoms with Crippen molar-refractivity contribution < 1.29 is 22.7 Å². The van der Waals surface area contributed by atoms with E-state index in [9.17, 15) is 18.0 Å². The highest BCUT2D eigenvalue weighted by Crippen LogP contribution is 2.31. The van der Waals surface area contributed by atoms with Crippen molar-refractivity contribution in [1.82, 2.24) is 20.1 Å². The van der Waals surface area contributed by atoms with E-state index in [2.05, 4.69) is 15.5 Å². The first-order valence-electron chi connectivity index (χ1n) is 9.04. The second kappa shape index (κ2) is 10.1. The monoisotopic (exact) mass is 470 g/mol. The number of rotatable bonds is 8. The van der Waals surface area contributed by atoms with Crippen LogP contribution in [0.2, 0.25) is 5.02 Å². The Morgan fingerprint density at radius 3 is 2.65 bits per heavy atom. The van der Waals surface area contributed by atoms with Gasteiger partial charge in [-0.3, -0.25) is 4.79 Å². The Balaban J connectivity index is 1.49. The van der Waals surface area contributed by atoms with Crippen LogP contribution in [-0.2, 0) is 31.2 Å². The summed E-state index contributed by atoms with van der Waals surface area (Å²) in [6.45, 7) is 0.319. The molecule has 31 heavy (non-hydrogen) atoms. The standard InChI is InChI=1S/C20H18ClF3N4O2S/c1-28-17(11-30-16-4-2-3-14(9-16)20(22,23)24)26-27-19(28)31-12-18(29)25-10-13-5-7-15(21)8-6-13/h2-9H,10-12H2,1H3,(H,25,29). The molecule has 0 fully saturated rings. The molecule has 164 valence electrons. The van der Waals surface area contributed by atoms with Crippen LogP contribution in [0.15, 0.2) is 53.7 Å². The van der Waals surface area contributed by atoms with Gasteiger partial charge in [-0.25, -0.2) is 0 Å². The highest BCUT2D eigenvalue weighted by molar-refractivity contribution is 7.99. The minimum atomic E-state index is -4.44. The number of carbonyl (C=O) groups is 1. The molecule has 0 radical (unpaired) electrons. The first-order valence-corrected chi connectivity index (χ1v) is 10.4. The second-order valence-electron chi connectivity index (χ2n) is 6.46. The highest BCUT2D eigenvalue weighted by atomic mass is 35.5. The molecule has 0 aliphatic carbocycles. The van der Waals surface area contributed by atoms with E-state index < -0.39 is 11.7 Å². The van der Waals surface area contributed by atoms with Gasteiger partial charge in [-0.15, -0.1) is 10.2 Å². The number of halogens is 4. The maximum absolute atomic E-state index is 12.8. The first-order chi connectivity index (χ1) is 14.7. The fourth-order valence-electron chi connectivity index (χ4n) is 2.49. The lowest BCUT2D eigenvalue weighted by atomic mass is 10.2. The number of hydrogen-bond donors (Lipinski definition) is 1. The molecular weight excluding hydrogens is 453 g/mol. The number of hydrogen-bond acceptors (Lipinski definition) is 5. The smallest absolute Gasteiger partial charge is 0.416 e. The van der Waals surface area contributed by atoms with E-state index in [0.29, 0.717) is 22.5 Å². The number of amides is 1. The van der Waals surface area contributed by atoms with Gasteiger partial charge < -0.3 is 14.6 Å². The van der Waals surface area contributed by atoms with Gasteiger partial charge >= 0.3 is 6.18 Å². The Bertz CT molecular complexity index is 1040. The summed E-state index contributed by atoms with van der Waals surface area (Å²) < 4.78 is 45.4. The van der Waals surface area contributed by atoms with E-state index in [4.69, 9.17) is 16.3 Å². The zero-order valence-electron chi connectivity index (χ0n) is 16.3. The van der Waals surface area contributed by atoms with Crippen molar-refractivity contribution in [2.75, 3.05) is 5.75 Å². The van der Waals surface area contributed by atoms with Crippen LogP contribution in [-0.4, -0.2) is 26.4 Å². The second-order valence-corrected chi connectivity index (χ2v) is 7.84. The van der Waals surface area contributed by atoms with E-state index in [1.54, 1.807) is 23.7 Å². The fourth-order valence-corrected chi connectivity index (χ4v) is 3.38. The Hall–Kier alpha value is -2.72. The predicted molar refractivity (Wildman–Crippen MR) is 111 cm³/mol. The largest absolute Gasteiger partial charge is 0.486 e. The molecule has 0 aliphatic rings. The molecular formula is C20H18ClF3N4O2S. The lowest BCUT2D eigenvalue weighted by molar-refractivity contribution is -0.137. The SMILES string of the molecule is Cn1c(COc2cccc(C(F)(F)F)c2)nnc1SCC(=O)NCc1ccc(Cl)cc1. The number of alkyl halides is 3. The van der Waals surface area contributed by atoms with Crippen molar-refractivity contribution in [3.63, 3.8) is 0 Å². The van der Waals surface area contributed by atoms with Crippen LogP contribution in [0, 0.1) is 0 Å². The molecule has 0 saturated heterocycles. The minimum Gasteiger partial charge on any atom is -0.486 e. The summed E-state index contributed by atoms with van der Waals surface area (Å²) in [4.78, 5) is 12.1. The van der Waals surface area contributed by atoms with Crippen LogP contribution < -0.4 is 10.1 Å². The topological polar surface area (TPSA) is 69.0 Å². The molecule has 3 aromatic rings. The van der Waals surface area contributed by atoms with E-state index in [-0.39, 0.29) is 24.0 Å². The number of thioether (sulfide) groups is 1. The molecule has 6 nitrogen and oxygen atoms in total. The lowest BCUT2D eigenvalue weighted by Crippen LogP contribution is -2.24. The number of nitrogens with one attached hydrogen (secondary N) is 1. The Morgan fingerprint density at radius 1 is 1.19 bits per heavy atom. The summed E-state index contributed by atoms with van der Waals surface area (Å²) >= 11 is 7.02. The van der Waals surface area contributed by atoms with Gasteiger partial charge in [0.2, 0.25) is 5.91 Å². The number of ether oxygens (including phenoxy) is 1. The van der Waals surface area contributed by atoms with Crippen molar-refractivity contribution in [1.29, 1.82) is 0 Å². The van der Waals surface area contributed by atoms with Crippen molar-refractivity contribution in [2.45, 2.75) is 24.5 Å². The zero-order chi connectivity index (χ0) is 22.4. The van der Waals surface area contributed by atoms with Crippen molar-refractivity contribution in [2.24, 2.45) is 7.05 Å². The van der Waals surface area contributed by atoms with Gasteiger partial charge in [0.05, 0.1) is 11.3 Å². The minimum absolute atomic E-state index is 0.0614. The molecule has 0 spiro atoms. The molecule has 0 unspecified atom stereocenters. The quantitative estimate of drug-likeness (QED) is 0.492. The molecule has 0 bridgehead atoms. The van der Waals surface area contributed by atoms with Gasteiger partial charge in [0.25, 0.3) is 0 Å². The molecule has 1 heterocycles. The van der Waals surface area contributed by atoms with Gasteiger partial charge in [-0.2, -0.15) is 13.2 Å². The number of aromatic nitrogens is 3. The third-order valence-corrected chi connectivity index (χ3v) is 5.46. The predicted octanol–water partition coefficient (Wildman–Crippen LogP) is 4.47. The average molecular weight is 471 g/mol. The van der Waals surface area contributed by atoms with E-state index in [1.807, 2.05) is 12.1 Å². The van der Waals surface area contributed by atoms with Crippen molar-refractivity contribution in [3.8, 4) is 5.75 Å². The summed E-state index contributed by atoms with van der Waals surface area (Å²) in [6, 6.07) is 11.8. The van der Waals surface area contributed by atoms with Gasteiger partial charge in [-0.05, 0) is 35.9 Å². The van der Waals surface area contributed by atoms with Crippen LogP contribution in [0.3, 0.4) is 0 Å². The zero-order valence-corrected chi connectivity index (χ0v) is 17.9. The third-order valence-electron chi connectivity index (χ3n) is 4.19. The lowest BCUT2D eigenvalue weighted by Gasteiger charge is -2.10. The Kier molecular flexibility index (Phi) is 7.45. The first kappa shape index (κ1) is 23.0. The average Bonchev–Trinajstić information content (AvgIpc) is 3.09. The maximum atomic E-state index is 12.8. The normalized spacial score (nSPS) is 11.4. The molecule has 1 aromatic heterocycles. The van der Waals surface area contributed by atoms with Crippen molar-refractivity contribution >= 4 is 29.3 Å². The van der Waals surface area contributed by atoms with Crippen LogP contribution in [0.1, 0.15) is 17.0 Å². The summed E-state index contributed by atoms with van der Waals surface area (Å²) in [6.07, 6.45) is -4.44. The summed E-state index contributed by atoms with van der Waals surface area (Å²) in [7, 11) is 1.69. The van der Waals surface area contributed by atoms with Crippen LogP contribution in [0.5, 0.6) is 5.75 Å². The molecule has 11 heteroatoms. The Morgan fingerprint density at radius 2 is 1.94 bits per heavy atom. The van der Waals surface area contributed by atoms with E-state index >= 15 is 0 Å². The number of benzene rings is 2. The third kappa shape index (κ3) is 6.63. The molecule has 1 amide bonds. The number of carbonyl (C=O) groups excluding carboxylic acids is 1. The van der Waals surface area contributed by atoms with Crippen LogP contribution >= 0.6 is 23.4 Å². The summed E-state index contributed by atoms with van der Waals surface area (Å²) in [5.74, 6) is 0.452. The molecule has 3 rings (SSSR count). The molecule has 0 atom stereocenters. The van der Waals surface area contributed by atoms with Crippen molar-refractivity contribution in [3.05, 3.63) is 70.5 Å². The Labute approximate surface area is 185 Å². The highest BCUT2D eigenvalue weighted by Gasteiger charge is 2.30.